The second-order valence-electron chi connectivity index (χ2n) is 4.21. The number of amidine groups is 1. The van der Waals surface area contributed by atoms with E-state index in [4.69, 9.17) is 4.99 Å². The van der Waals surface area contributed by atoms with Crippen molar-refractivity contribution in [2.24, 2.45) is 4.99 Å². The van der Waals surface area contributed by atoms with E-state index >= 15 is 0 Å². The average molecular weight is 233 g/mol. The van der Waals surface area contributed by atoms with E-state index in [9.17, 15) is 0 Å². The Morgan fingerprint density at radius 2 is 2.44 bits per heavy atom. The largest absolute Gasteiger partial charge is 0.345 e. The van der Waals surface area contributed by atoms with E-state index in [1.165, 1.54) is 17.3 Å². The third kappa shape index (κ3) is 1.61. The maximum Gasteiger partial charge on any atom is 0.160 e. The Morgan fingerprint density at radius 1 is 1.50 bits per heavy atom. The van der Waals surface area contributed by atoms with Crippen LogP contribution in [0.15, 0.2) is 29.4 Å². The standard InChI is InChI=1S/C12H15N3S/c1-2-9-8-16-12-14-11(7-15(9)12)10-5-3-4-6-13-10/h3-6,9,11H,2,7-8H2,1H3/t9-,11+/m0/s1. The molecule has 0 saturated carbocycles. The summed E-state index contributed by atoms with van der Waals surface area (Å²) < 4.78 is 0. The lowest BCUT2D eigenvalue weighted by Gasteiger charge is -2.21. The van der Waals surface area contributed by atoms with Crippen LogP contribution in [0, 0.1) is 0 Å². The van der Waals surface area contributed by atoms with E-state index < -0.39 is 0 Å². The van der Waals surface area contributed by atoms with Crippen LogP contribution in [0.25, 0.3) is 0 Å². The number of pyridine rings is 1. The molecule has 0 amide bonds. The first-order valence-corrected chi connectivity index (χ1v) is 6.75. The molecule has 0 unspecified atom stereocenters. The Morgan fingerprint density at radius 3 is 3.19 bits per heavy atom. The average Bonchev–Trinajstić information content (AvgIpc) is 2.89. The number of nitrogens with zero attached hydrogens (tertiary/aromatic N) is 3. The van der Waals surface area contributed by atoms with Gasteiger partial charge in [-0.15, -0.1) is 0 Å². The summed E-state index contributed by atoms with van der Waals surface area (Å²) in [6.07, 6.45) is 3.06. The molecule has 0 N–H and O–H groups in total. The molecule has 0 aromatic carbocycles. The van der Waals surface area contributed by atoms with Gasteiger partial charge in [0.1, 0.15) is 6.04 Å². The third-order valence-electron chi connectivity index (χ3n) is 3.23. The third-order valence-corrected chi connectivity index (χ3v) is 4.38. The number of hydrogen-bond acceptors (Lipinski definition) is 4. The number of fused-ring (bicyclic) bond motifs is 1. The quantitative estimate of drug-likeness (QED) is 0.785. The zero-order valence-electron chi connectivity index (χ0n) is 9.34. The van der Waals surface area contributed by atoms with E-state index in [1.807, 2.05) is 30.1 Å². The molecule has 1 fully saturated rings. The summed E-state index contributed by atoms with van der Waals surface area (Å²) in [5, 5.41) is 1.22. The Kier molecular flexibility index (Phi) is 2.59. The Hall–Kier alpha value is -1.03. The number of hydrogen-bond donors (Lipinski definition) is 0. The van der Waals surface area contributed by atoms with Crippen molar-refractivity contribution in [3.63, 3.8) is 0 Å². The lowest BCUT2D eigenvalue weighted by atomic mass is 10.1. The number of aromatic nitrogens is 1. The summed E-state index contributed by atoms with van der Waals surface area (Å²) in [7, 11) is 0. The van der Waals surface area contributed by atoms with Gasteiger partial charge in [-0.05, 0) is 18.6 Å². The van der Waals surface area contributed by atoms with Crippen molar-refractivity contribution in [3.8, 4) is 0 Å². The Bertz CT molecular complexity index is 404. The molecule has 16 heavy (non-hydrogen) atoms. The number of rotatable bonds is 2. The molecule has 0 aliphatic carbocycles. The highest BCUT2D eigenvalue weighted by Gasteiger charge is 2.36. The van der Waals surface area contributed by atoms with Gasteiger partial charge in [-0.3, -0.25) is 9.98 Å². The van der Waals surface area contributed by atoms with Gasteiger partial charge in [-0.25, -0.2) is 0 Å². The van der Waals surface area contributed by atoms with Crippen molar-refractivity contribution >= 4 is 16.9 Å². The maximum atomic E-state index is 4.76. The van der Waals surface area contributed by atoms with Crippen molar-refractivity contribution in [2.75, 3.05) is 12.3 Å². The predicted molar refractivity (Wildman–Crippen MR) is 67.7 cm³/mol. The second kappa shape index (κ2) is 4.09. The van der Waals surface area contributed by atoms with Crippen LogP contribution < -0.4 is 0 Å². The van der Waals surface area contributed by atoms with E-state index in [2.05, 4.69) is 22.9 Å². The minimum absolute atomic E-state index is 0.248. The van der Waals surface area contributed by atoms with Crippen molar-refractivity contribution in [1.29, 1.82) is 0 Å². The summed E-state index contributed by atoms with van der Waals surface area (Å²) in [5.74, 6) is 1.20. The lowest BCUT2D eigenvalue weighted by molar-refractivity contribution is 0.347. The summed E-state index contributed by atoms with van der Waals surface area (Å²) in [5.41, 5.74) is 1.10. The van der Waals surface area contributed by atoms with Gasteiger partial charge in [0.2, 0.25) is 0 Å². The minimum atomic E-state index is 0.248. The molecule has 3 heterocycles. The molecule has 84 valence electrons. The molecule has 1 aromatic heterocycles. The molecule has 2 aliphatic rings. The van der Waals surface area contributed by atoms with Gasteiger partial charge < -0.3 is 4.90 Å². The van der Waals surface area contributed by atoms with E-state index in [1.54, 1.807) is 0 Å². The van der Waals surface area contributed by atoms with Crippen LogP contribution in [0.1, 0.15) is 25.1 Å². The molecule has 0 radical (unpaired) electrons. The Balaban J connectivity index is 1.82. The van der Waals surface area contributed by atoms with E-state index in [-0.39, 0.29) is 6.04 Å². The number of thioether (sulfide) groups is 1. The predicted octanol–water partition coefficient (Wildman–Crippen LogP) is 2.32. The zero-order chi connectivity index (χ0) is 11.0. The molecule has 3 rings (SSSR count). The van der Waals surface area contributed by atoms with Crippen LogP contribution >= 0.6 is 11.8 Å². The first kappa shape index (κ1) is 10.1. The number of aliphatic imine (C=N–C) groups is 1. The van der Waals surface area contributed by atoms with Gasteiger partial charge in [0, 0.05) is 24.5 Å². The highest BCUT2D eigenvalue weighted by atomic mass is 32.2. The fourth-order valence-electron chi connectivity index (χ4n) is 2.27. The highest BCUT2D eigenvalue weighted by molar-refractivity contribution is 8.14. The maximum absolute atomic E-state index is 4.76. The Labute approximate surface area is 100.0 Å². The molecule has 1 saturated heterocycles. The van der Waals surface area contributed by atoms with Crippen molar-refractivity contribution in [1.82, 2.24) is 9.88 Å². The minimum Gasteiger partial charge on any atom is -0.345 e. The summed E-state index contributed by atoms with van der Waals surface area (Å²) in [4.78, 5) is 11.6. The summed E-state index contributed by atoms with van der Waals surface area (Å²) in [6, 6.07) is 6.99. The molecular formula is C12H15N3S. The van der Waals surface area contributed by atoms with Gasteiger partial charge in [0.15, 0.2) is 5.17 Å². The molecule has 4 heteroatoms. The van der Waals surface area contributed by atoms with Crippen LogP contribution in [0.5, 0.6) is 0 Å². The van der Waals surface area contributed by atoms with E-state index in [0.29, 0.717) is 6.04 Å². The molecular weight excluding hydrogens is 218 g/mol. The smallest absolute Gasteiger partial charge is 0.160 e. The molecule has 0 bridgehead atoms. The second-order valence-corrected chi connectivity index (χ2v) is 5.19. The van der Waals surface area contributed by atoms with Crippen LogP contribution in [-0.2, 0) is 0 Å². The first-order valence-electron chi connectivity index (χ1n) is 5.76. The van der Waals surface area contributed by atoms with E-state index in [0.717, 1.165) is 12.2 Å². The van der Waals surface area contributed by atoms with Gasteiger partial charge in [0.05, 0.1) is 5.69 Å². The fraction of sp³-hybridized carbons (Fsp3) is 0.500. The van der Waals surface area contributed by atoms with Crippen LogP contribution in [-0.4, -0.2) is 33.4 Å². The van der Waals surface area contributed by atoms with Gasteiger partial charge in [0.25, 0.3) is 0 Å². The molecule has 1 aromatic rings. The zero-order valence-corrected chi connectivity index (χ0v) is 10.2. The molecule has 2 atom stereocenters. The first-order chi connectivity index (χ1) is 7.88. The molecule has 2 aliphatic heterocycles. The highest BCUT2D eigenvalue weighted by Crippen LogP contribution is 2.35. The van der Waals surface area contributed by atoms with Crippen LogP contribution in [0.2, 0.25) is 0 Å². The SMILES string of the molecule is CC[C@H]1CSC2=N[C@@H](c3ccccn3)CN21. The summed E-state index contributed by atoms with van der Waals surface area (Å²) in [6.45, 7) is 3.26. The van der Waals surface area contributed by atoms with Crippen LogP contribution in [0.3, 0.4) is 0 Å². The van der Waals surface area contributed by atoms with Gasteiger partial charge >= 0.3 is 0 Å². The monoisotopic (exact) mass is 233 g/mol. The lowest BCUT2D eigenvalue weighted by Crippen LogP contribution is -2.32. The van der Waals surface area contributed by atoms with Crippen molar-refractivity contribution in [3.05, 3.63) is 30.1 Å². The van der Waals surface area contributed by atoms with Gasteiger partial charge in [-0.1, -0.05) is 24.8 Å². The van der Waals surface area contributed by atoms with Gasteiger partial charge in [-0.2, -0.15) is 0 Å². The topological polar surface area (TPSA) is 28.5 Å². The summed E-state index contributed by atoms with van der Waals surface area (Å²) >= 11 is 1.89. The molecule has 0 spiro atoms. The van der Waals surface area contributed by atoms with Crippen LogP contribution in [0.4, 0.5) is 0 Å². The van der Waals surface area contributed by atoms with Crippen molar-refractivity contribution in [2.45, 2.75) is 25.4 Å². The normalized spacial score (nSPS) is 28.1. The molecule has 3 nitrogen and oxygen atoms in total. The van der Waals surface area contributed by atoms with Crippen molar-refractivity contribution < 1.29 is 0 Å². The fourth-order valence-corrected chi connectivity index (χ4v) is 3.62.